The predicted molar refractivity (Wildman–Crippen MR) is 184 cm³/mol. The minimum atomic E-state index is -1.54. The van der Waals surface area contributed by atoms with Gasteiger partial charge in [-0.05, 0) is 105 Å². The largest absolute Gasteiger partial charge is 0.461 e. The van der Waals surface area contributed by atoms with E-state index in [1.54, 1.807) is 18.7 Å². The third-order valence-corrected chi connectivity index (χ3v) is 13.8. The molecule has 13 nitrogen and oxygen atoms in total. The lowest BCUT2D eigenvalue weighted by Gasteiger charge is -2.61. The number of rotatable bonds is 10. The van der Waals surface area contributed by atoms with Crippen molar-refractivity contribution in [1.29, 1.82) is 0 Å². The average Bonchev–Trinajstić information content (AvgIpc) is 3.42. The number of carbonyl (C=O) groups excluding carboxylic acids is 3. The smallest absolute Gasteiger partial charge is 0.316 e. The standard InChI is InChI=1S/C35H49N5O8S/c1-21-6-10-35-11-7-27(41)30(35)34(21,4)28(48-29(42)20-49-19-23-8-12-39(5)13-9-23)17-33(3,31(43)22(35)2)32(44)47-18-24-14-25(37-38-36)16-26(15-24)40(45)46/h14-16,21-23,28,30-31,43H,6-13,17-20H2,1-5H3/t21-,22+,28-,30+,31+,33-,34+,35+/m1/s1. The van der Waals surface area contributed by atoms with Crippen molar-refractivity contribution in [2.45, 2.75) is 91.5 Å². The highest BCUT2D eigenvalue weighted by atomic mass is 32.2. The van der Waals surface area contributed by atoms with E-state index in [-0.39, 0.29) is 47.4 Å². The molecule has 0 spiro atoms. The van der Waals surface area contributed by atoms with E-state index in [9.17, 15) is 29.6 Å². The number of hydrogen-bond donors (Lipinski definition) is 1. The van der Waals surface area contributed by atoms with Gasteiger partial charge in [0.25, 0.3) is 5.69 Å². The lowest BCUT2D eigenvalue weighted by atomic mass is 9.44. The molecule has 0 unspecified atom stereocenters. The number of benzene rings is 1. The number of thioether (sulfide) groups is 1. The molecule has 0 aromatic heterocycles. The Bertz CT molecular complexity index is 1490. The molecule has 1 aromatic rings. The molecule has 3 saturated carbocycles. The van der Waals surface area contributed by atoms with Crippen molar-refractivity contribution in [3.63, 3.8) is 0 Å². The number of hydrogen-bond acceptors (Lipinski definition) is 11. The summed E-state index contributed by atoms with van der Waals surface area (Å²) < 4.78 is 12.1. The van der Waals surface area contributed by atoms with Gasteiger partial charge in [-0.15, -0.1) is 11.8 Å². The van der Waals surface area contributed by atoms with E-state index in [2.05, 4.69) is 28.9 Å². The first-order chi connectivity index (χ1) is 23.1. The van der Waals surface area contributed by atoms with Crippen molar-refractivity contribution >= 4 is 40.9 Å². The Kier molecular flexibility index (Phi) is 11.0. The molecule has 1 aliphatic heterocycles. The van der Waals surface area contributed by atoms with Crippen LogP contribution in [0.3, 0.4) is 0 Å². The van der Waals surface area contributed by atoms with Crippen LogP contribution in [0.2, 0.25) is 0 Å². The maximum absolute atomic E-state index is 14.2. The van der Waals surface area contributed by atoms with Crippen molar-refractivity contribution in [3.05, 3.63) is 44.3 Å². The highest BCUT2D eigenvalue weighted by molar-refractivity contribution is 7.99. The van der Waals surface area contributed by atoms with Crippen LogP contribution in [0.1, 0.15) is 78.2 Å². The molecule has 3 aliphatic carbocycles. The zero-order valence-corrected chi connectivity index (χ0v) is 29.9. The fourth-order valence-corrected chi connectivity index (χ4v) is 10.5. The molecule has 268 valence electrons. The van der Waals surface area contributed by atoms with Crippen molar-refractivity contribution in [2.24, 2.45) is 45.0 Å². The van der Waals surface area contributed by atoms with Gasteiger partial charge >= 0.3 is 11.9 Å². The third-order valence-electron chi connectivity index (χ3n) is 12.7. The molecular weight excluding hydrogens is 650 g/mol. The normalized spacial score (nSPS) is 35.0. The number of piperidine rings is 1. The van der Waals surface area contributed by atoms with E-state index in [1.165, 1.54) is 12.1 Å². The monoisotopic (exact) mass is 699 g/mol. The second-order valence-corrected chi connectivity index (χ2v) is 16.4. The Morgan fingerprint density at radius 2 is 1.90 bits per heavy atom. The van der Waals surface area contributed by atoms with E-state index >= 15 is 0 Å². The average molecular weight is 700 g/mol. The Balaban J connectivity index is 1.43. The first kappa shape index (κ1) is 37.1. The molecule has 14 heteroatoms. The number of ether oxygens (including phenoxy) is 2. The van der Waals surface area contributed by atoms with Gasteiger partial charge in [0.1, 0.15) is 18.5 Å². The van der Waals surface area contributed by atoms with Crippen LogP contribution in [0.15, 0.2) is 23.3 Å². The number of azide groups is 1. The van der Waals surface area contributed by atoms with E-state index in [1.807, 2.05) is 13.8 Å². The fraction of sp³-hybridized carbons (Fsp3) is 0.743. The summed E-state index contributed by atoms with van der Waals surface area (Å²) in [5.41, 5.74) is 5.90. The zero-order chi connectivity index (χ0) is 35.7. The molecule has 0 amide bonds. The summed E-state index contributed by atoms with van der Waals surface area (Å²) in [6.45, 7) is 9.36. The second-order valence-electron chi connectivity index (χ2n) is 15.4. The summed E-state index contributed by atoms with van der Waals surface area (Å²) in [4.78, 5) is 57.5. The van der Waals surface area contributed by atoms with Gasteiger partial charge in [0.15, 0.2) is 0 Å². The molecule has 49 heavy (non-hydrogen) atoms. The third kappa shape index (κ3) is 7.07. The fourth-order valence-electron chi connectivity index (χ4n) is 9.47. The molecule has 1 heterocycles. The molecule has 4 aliphatic rings. The Morgan fingerprint density at radius 1 is 1.18 bits per heavy atom. The molecule has 0 radical (unpaired) electrons. The van der Waals surface area contributed by atoms with E-state index in [0.29, 0.717) is 25.2 Å². The number of Topliss-reactive ketones (excluding diaryl/α,β-unsaturated/α-hetero) is 1. The summed E-state index contributed by atoms with van der Waals surface area (Å²) >= 11 is 1.55. The summed E-state index contributed by atoms with van der Waals surface area (Å²) in [6.07, 6.45) is 2.52. The lowest BCUT2D eigenvalue weighted by molar-refractivity contribution is -0.384. The number of non-ortho nitro benzene ring substituents is 1. The number of nitro groups is 1. The molecule has 1 aromatic carbocycles. The highest BCUT2D eigenvalue weighted by Gasteiger charge is 2.69. The van der Waals surface area contributed by atoms with Crippen LogP contribution < -0.4 is 0 Å². The van der Waals surface area contributed by atoms with Crippen LogP contribution in [-0.4, -0.2) is 76.5 Å². The van der Waals surface area contributed by atoms with Gasteiger partial charge in [-0.2, -0.15) is 0 Å². The van der Waals surface area contributed by atoms with Crippen LogP contribution >= 0.6 is 11.8 Å². The minimum Gasteiger partial charge on any atom is -0.461 e. The van der Waals surface area contributed by atoms with Crippen LogP contribution in [-0.2, 0) is 30.5 Å². The molecule has 4 fully saturated rings. The van der Waals surface area contributed by atoms with Crippen molar-refractivity contribution in [1.82, 2.24) is 4.90 Å². The summed E-state index contributed by atoms with van der Waals surface area (Å²) in [5.74, 6) is -0.350. The van der Waals surface area contributed by atoms with Crippen molar-refractivity contribution in [2.75, 3.05) is 31.6 Å². The van der Waals surface area contributed by atoms with Crippen LogP contribution in [0.4, 0.5) is 11.4 Å². The summed E-state index contributed by atoms with van der Waals surface area (Å²) in [6, 6.07) is 3.75. The Labute approximate surface area is 291 Å². The van der Waals surface area contributed by atoms with E-state index in [0.717, 1.165) is 44.2 Å². The number of nitro benzene ring substituents is 1. The summed E-state index contributed by atoms with van der Waals surface area (Å²) in [5, 5.41) is 27.1. The zero-order valence-electron chi connectivity index (χ0n) is 29.1. The van der Waals surface area contributed by atoms with Gasteiger partial charge in [-0.25, -0.2) is 0 Å². The molecular formula is C35H49N5O8S. The van der Waals surface area contributed by atoms with Gasteiger partial charge in [-0.3, -0.25) is 24.5 Å². The molecule has 2 bridgehead atoms. The Morgan fingerprint density at radius 3 is 2.57 bits per heavy atom. The topological polar surface area (TPSA) is 185 Å². The number of esters is 2. The molecule has 1 N–H and O–H groups in total. The first-order valence-corrected chi connectivity index (χ1v) is 18.5. The van der Waals surface area contributed by atoms with E-state index < -0.39 is 57.2 Å². The minimum absolute atomic E-state index is 0.0000192. The number of likely N-dealkylation sites (tertiary alicyclic amines) is 1. The number of aliphatic hydroxyl groups excluding tert-OH is 1. The predicted octanol–water partition coefficient (Wildman–Crippen LogP) is 6.38. The number of carbonyl (C=O) groups is 3. The van der Waals surface area contributed by atoms with Crippen LogP contribution in [0, 0.1) is 50.0 Å². The van der Waals surface area contributed by atoms with Crippen molar-refractivity contribution < 1.29 is 33.9 Å². The van der Waals surface area contributed by atoms with Crippen LogP contribution in [0.25, 0.3) is 10.4 Å². The SMILES string of the molecule is C[C@@H]1CC[C@@]23CCC(=O)[C@H]2[C@]1(C)[C@H](OC(=O)CSCC1CCN(C)CC1)C[C@@](C)(C(=O)OCc1cc(N=[N+]=[N-])cc([N+](=O)[O-])c1)[C@@H](O)[C@@H]3C. The molecule has 5 rings (SSSR count). The van der Waals surface area contributed by atoms with Gasteiger partial charge in [-0.1, -0.05) is 25.9 Å². The maximum Gasteiger partial charge on any atom is 0.316 e. The highest BCUT2D eigenvalue weighted by Crippen LogP contribution is 2.68. The summed E-state index contributed by atoms with van der Waals surface area (Å²) in [7, 11) is 2.11. The van der Waals surface area contributed by atoms with E-state index in [4.69, 9.17) is 15.0 Å². The molecule has 8 atom stereocenters. The number of nitrogens with zero attached hydrogens (tertiary/aromatic N) is 5. The maximum atomic E-state index is 14.2. The molecule has 1 saturated heterocycles. The number of ketones is 1. The van der Waals surface area contributed by atoms with Gasteiger partial charge in [0.05, 0.1) is 22.2 Å². The van der Waals surface area contributed by atoms with Crippen LogP contribution in [0.5, 0.6) is 0 Å². The van der Waals surface area contributed by atoms with Crippen molar-refractivity contribution in [3.8, 4) is 0 Å². The van der Waals surface area contributed by atoms with Gasteiger partial charge in [0, 0.05) is 46.9 Å². The quantitative estimate of drug-likeness (QED) is 0.0718. The Hall–Kier alpha value is -3.19. The number of aliphatic hydroxyl groups is 1. The first-order valence-electron chi connectivity index (χ1n) is 17.3. The van der Waals surface area contributed by atoms with Gasteiger partial charge < -0.3 is 19.5 Å². The second kappa shape index (κ2) is 14.6. The lowest BCUT2D eigenvalue weighted by Crippen LogP contribution is -2.64. The van der Waals surface area contributed by atoms with Gasteiger partial charge in [0.2, 0.25) is 0 Å².